The van der Waals surface area contributed by atoms with E-state index in [4.69, 9.17) is 5.73 Å². The van der Waals surface area contributed by atoms with Crippen LogP contribution in [-0.2, 0) is 14.6 Å². The van der Waals surface area contributed by atoms with E-state index in [1.165, 1.54) is 6.26 Å². The molecule has 3 atom stereocenters. The number of hydrogen-bond donors (Lipinski definition) is 2. The van der Waals surface area contributed by atoms with Crippen LogP contribution in [0.15, 0.2) is 29.2 Å². The monoisotopic (exact) mass is 338 g/mol. The van der Waals surface area contributed by atoms with Crippen LogP contribution < -0.4 is 11.1 Å². The number of carbonyl (C=O) groups excluding carboxylic acids is 1. The zero-order valence-electron chi connectivity index (χ0n) is 14.0. The van der Waals surface area contributed by atoms with E-state index in [1.807, 2.05) is 13.8 Å². The van der Waals surface area contributed by atoms with Crippen molar-refractivity contribution in [1.29, 1.82) is 0 Å². The topological polar surface area (TPSA) is 89.3 Å². The predicted octanol–water partition coefficient (Wildman–Crippen LogP) is 2.17. The van der Waals surface area contributed by atoms with Gasteiger partial charge in [0, 0.05) is 11.8 Å². The summed E-state index contributed by atoms with van der Waals surface area (Å²) < 4.78 is 23.0. The van der Waals surface area contributed by atoms with Gasteiger partial charge in [-0.3, -0.25) is 4.79 Å². The molecule has 0 bridgehead atoms. The molecule has 0 heterocycles. The van der Waals surface area contributed by atoms with Crippen LogP contribution >= 0.6 is 0 Å². The van der Waals surface area contributed by atoms with Crippen LogP contribution in [0.3, 0.4) is 0 Å². The molecule has 1 aromatic carbocycles. The Hall–Kier alpha value is -1.40. The fraction of sp³-hybridized carbons (Fsp3) is 0.588. The molecule has 1 fully saturated rings. The van der Waals surface area contributed by atoms with E-state index >= 15 is 0 Å². The van der Waals surface area contributed by atoms with Crippen molar-refractivity contribution in [2.75, 3.05) is 6.26 Å². The Morgan fingerprint density at radius 3 is 2.43 bits per heavy atom. The predicted molar refractivity (Wildman–Crippen MR) is 90.7 cm³/mol. The minimum Gasteiger partial charge on any atom is -0.349 e. The van der Waals surface area contributed by atoms with Crippen molar-refractivity contribution < 1.29 is 13.2 Å². The fourth-order valence-electron chi connectivity index (χ4n) is 3.19. The molecule has 1 aliphatic rings. The second kappa shape index (κ2) is 6.61. The van der Waals surface area contributed by atoms with Crippen molar-refractivity contribution in [3.05, 3.63) is 29.8 Å². The number of hydrogen-bond acceptors (Lipinski definition) is 4. The number of carbonyl (C=O) groups is 1. The van der Waals surface area contributed by atoms with Gasteiger partial charge in [0.2, 0.25) is 5.91 Å². The summed E-state index contributed by atoms with van der Waals surface area (Å²) in [5, 5.41) is 3.01. The van der Waals surface area contributed by atoms with Crippen molar-refractivity contribution in [2.24, 2.45) is 11.7 Å². The zero-order chi connectivity index (χ0) is 17.3. The molecule has 1 aromatic rings. The second-order valence-corrected chi connectivity index (χ2v) is 8.89. The Bertz CT molecular complexity index is 666. The molecule has 6 heteroatoms. The molecular weight excluding hydrogens is 312 g/mol. The minimum absolute atomic E-state index is 0.0191. The average molecular weight is 338 g/mol. The summed E-state index contributed by atoms with van der Waals surface area (Å²) >= 11 is 0. The van der Waals surface area contributed by atoms with E-state index in [0.717, 1.165) is 31.2 Å². The number of benzene rings is 1. The lowest BCUT2D eigenvalue weighted by Crippen LogP contribution is -2.53. The summed E-state index contributed by atoms with van der Waals surface area (Å²) in [7, 11) is -3.20. The molecule has 0 radical (unpaired) electrons. The largest absolute Gasteiger partial charge is 0.349 e. The Labute approximate surface area is 138 Å². The van der Waals surface area contributed by atoms with Gasteiger partial charge < -0.3 is 11.1 Å². The molecule has 1 aliphatic carbocycles. The lowest BCUT2D eigenvalue weighted by molar-refractivity contribution is -0.128. The van der Waals surface area contributed by atoms with Crippen LogP contribution in [-0.4, -0.2) is 26.1 Å². The lowest BCUT2D eigenvalue weighted by atomic mass is 9.74. The highest BCUT2D eigenvalue weighted by Crippen LogP contribution is 2.32. The maximum absolute atomic E-state index is 12.5. The standard InChI is InChI=1S/C17H26N2O3S/c1-12(13-7-9-14(10-8-13)23(3,21)22)19-16(20)15-6-4-5-11-17(15,2)18/h7-10,12,15H,4-6,11,18H2,1-3H3,(H,19,20). The normalized spacial score (nSPS) is 26.5. The fourth-order valence-corrected chi connectivity index (χ4v) is 3.82. The van der Waals surface area contributed by atoms with Gasteiger partial charge in [0.1, 0.15) is 0 Å². The average Bonchev–Trinajstić information content (AvgIpc) is 2.45. The molecule has 5 nitrogen and oxygen atoms in total. The third-order valence-corrected chi connectivity index (χ3v) is 5.87. The summed E-state index contributed by atoms with van der Waals surface area (Å²) in [6, 6.07) is 6.43. The van der Waals surface area contributed by atoms with Crippen LogP contribution in [0.2, 0.25) is 0 Å². The molecule has 3 unspecified atom stereocenters. The molecule has 128 valence electrons. The van der Waals surface area contributed by atoms with Gasteiger partial charge in [-0.15, -0.1) is 0 Å². The van der Waals surface area contributed by atoms with Crippen LogP contribution in [0.5, 0.6) is 0 Å². The molecule has 0 aromatic heterocycles. The highest BCUT2D eigenvalue weighted by molar-refractivity contribution is 7.90. The van der Waals surface area contributed by atoms with Crippen LogP contribution in [0.25, 0.3) is 0 Å². The van der Waals surface area contributed by atoms with Crippen molar-refractivity contribution in [1.82, 2.24) is 5.32 Å². The van der Waals surface area contributed by atoms with Crippen molar-refractivity contribution >= 4 is 15.7 Å². The minimum atomic E-state index is -3.20. The smallest absolute Gasteiger partial charge is 0.225 e. The Kier molecular flexibility index (Phi) is 5.16. The van der Waals surface area contributed by atoms with E-state index in [9.17, 15) is 13.2 Å². The van der Waals surface area contributed by atoms with Gasteiger partial charge in [0.15, 0.2) is 9.84 Å². The van der Waals surface area contributed by atoms with E-state index in [1.54, 1.807) is 24.3 Å². The number of rotatable bonds is 4. The molecule has 3 N–H and O–H groups in total. The van der Waals surface area contributed by atoms with Gasteiger partial charge in [0.25, 0.3) is 0 Å². The van der Waals surface area contributed by atoms with Crippen molar-refractivity contribution in [3.8, 4) is 0 Å². The zero-order valence-corrected chi connectivity index (χ0v) is 14.8. The highest BCUT2D eigenvalue weighted by Gasteiger charge is 2.38. The summed E-state index contributed by atoms with van der Waals surface area (Å²) in [4.78, 5) is 12.8. The van der Waals surface area contributed by atoms with Crippen molar-refractivity contribution in [3.63, 3.8) is 0 Å². The van der Waals surface area contributed by atoms with Gasteiger partial charge >= 0.3 is 0 Å². The molecule has 23 heavy (non-hydrogen) atoms. The number of amides is 1. The molecule has 0 aliphatic heterocycles. The summed E-state index contributed by atoms with van der Waals surface area (Å²) in [6.45, 7) is 3.84. The highest BCUT2D eigenvalue weighted by atomic mass is 32.2. The van der Waals surface area contributed by atoms with Gasteiger partial charge in [-0.2, -0.15) is 0 Å². The molecular formula is C17H26N2O3S. The third-order valence-electron chi connectivity index (χ3n) is 4.74. The Morgan fingerprint density at radius 1 is 1.30 bits per heavy atom. The lowest BCUT2D eigenvalue weighted by Gasteiger charge is -2.37. The number of sulfone groups is 1. The van der Waals surface area contributed by atoms with Crippen LogP contribution in [0.4, 0.5) is 0 Å². The first-order valence-corrected chi connectivity index (χ1v) is 9.90. The van der Waals surface area contributed by atoms with Crippen molar-refractivity contribution in [2.45, 2.75) is 56.0 Å². The molecule has 1 saturated carbocycles. The first-order valence-electron chi connectivity index (χ1n) is 8.00. The van der Waals surface area contributed by atoms with Crippen LogP contribution in [0.1, 0.15) is 51.1 Å². The molecule has 0 spiro atoms. The first kappa shape index (κ1) is 17.9. The van der Waals surface area contributed by atoms with E-state index < -0.39 is 15.4 Å². The SMILES string of the molecule is CC(NC(=O)C1CCCCC1(C)N)c1ccc(S(C)(=O)=O)cc1. The summed E-state index contributed by atoms with van der Waals surface area (Å²) in [6.07, 6.45) is 4.96. The maximum Gasteiger partial charge on any atom is 0.225 e. The maximum atomic E-state index is 12.5. The van der Waals surface area contributed by atoms with Gasteiger partial charge in [0.05, 0.1) is 16.9 Å². The molecule has 2 rings (SSSR count). The van der Waals surface area contributed by atoms with E-state index in [-0.39, 0.29) is 22.8 Å². The number of nitrogens with one attached hydrogen (secondary N) is 1. The van der Waals surface area contributed by atoms with Crippen LogP contribution in [0, 0.1) is 5.92 Å². The van der Waals surface area contributed by atoms with Gasteiger partial charge in [-0.25, -0.2) is 8.42 Å². The van der Waals surface area contributed by atoms with Gasteiger partial charge in [-0.1, -0.05) is 25.0 Å². The summed E-state index contributed by atoms with van der Waals surface area (Å²) in [5.41, 5.74) is 6.70. The second-order valence-electron chi connectivity index (χ2n) is 6.88. The van der Waals surface area contributed by atoms with E-state index in [0.29, 0.717) is 0 Å². The molecule has 0 saturated heterocycles. The Balaban J connectivity index is 2.06. The Morgan fingerprint density at radius 2 is 1.91 bits per heavy atom. The first-order chi connectivity index (χ1) is 10.6. The van der Waals surface area contributed by atoms with Gasteiger partial charge in [-0.05, 0) is 44.4 Å². The third kappa shape index (κ3) is 4.32. The molecule has 1 amide bonds. The quantitative estimate of drug-likeness (QED) is 0.880. The summed E-state index contributed by atoms with van der Waals surface area (Å²) in [5.74, 6) is -0.191. The number of nitrogens with two attached hydrogens (primary N) is 1. The van der Waals surface area contributed by atoms with E-state index in [2.05, 4.69) is 5.32 Å².